The summed E-state index contributed by atoms with van der Waals surface area (Å²) in [6, 6.07) is 2.40. The second-order valence-electron chi connectivity index (χ2n) is 7.32. The van der Waals surface area contributed by atoms with Crippen molar-refractivity contribution in [2.45, 2.75) is 39.8 Å². The van der Waals surface area contributed by atoms with Crippen LogP contribution in [0.25, 0.3) is 0 Å². The van der Waals surface area contributed by atoms with Crippen LogP contribution in [0, 0.1) is 11.8 Å². The number of aliphatic imine (C=N–C) groups is 1. The van der Waals surface area contributed by atoms with Gasteiger partial charge in [-0.2, -0.15) is 5.10 Å². The summed E-state index contributed by atoms with van der Waals surface area (Å²) in [6.45, 7) is 11.3. The third-order valence-corrected chi connectivity index (χ3v) is 5.07. The van der Waals surface area contributed by atoms with E-state index in [0.29, 0.717) is 17.9 Å². The molecule has 1 aliphatic heterocycles. The smallest absolute Gasteiger partial charge is 0.193 e. The molecule has 26 heavy (non-hydrogen) atoms. The van der Waals surface area contributed by atoms with Crippen LogP contribution in [0.5, 0.6) is 0 Å². The van der Waals surface area contributed by atoms with Crippen LogP contribution in [-0.2, 0) is 6.54 Å². The van der Waals surface area contributed by atoms with Crippen molar-refractivity contribution in [3.8, 4) is 0 Å². The zero-order valence-corrected chi connectivity index (χ0v) is 16.1. The van der Waals surface area contributed by atoms with Gasteiger partial charge in [0.15, 0.2) is 5.96 Å². The first kappa shape index (κ1) is 18.5. The molecule has 3 heterocycles. The molecule has 1 fully saturated rings. The molecule has 0 spiro atoms. The summed E-state index contributed by atoms with van der Waals surface area (Å²) in [5.41, 5.74) is 0. The second kappa shape index (κ2) is 8.87. The van der Waals surface area contributed by atoms with E-state index >= 15 is 0 Å². The summed E-state index contributed by atoms with van der Waals surface area (Å²) in [6.07, 6.45) is 10.9. The predicted molar refractivity (Wildman–Crippen MR) is 104 cm³/mol. The van der Waals surface area contributed by atoms with Gasteiger partial charge in [0.05, 0.1) is 12.4 Å². The predicted octanol–water partition coefficient (Wildman–Crippen LogP) is 2.26. The van der Waals surface area contributed by atoms with E-state index in [0.717, 1.165) is 45.1 Å². The standard InChI is InChI=1S/C19H31N7/c1-4-21-19(22-12-16(2)13-26-9-5-7-23-26)24-10-6-17(3)18(14-24)25-11-8-20-15-25/h5,7-9,11,15-18H,4,6,10,12-14H2,1-3H3,(H,21,22). The summed E-state index contributed by atoms with van der Waals surface area (Å²) in [5, 5.41) is 7.77. The SMILES string of the molecule is CCNC(=NCC(C)Cn1cccn1)N1CCC(C)C(n2ccnc2)C1. The fourth-order valence-corrected chi connectivity index (χ4v) is 3.55. The summed E-state index contributed by atoms with van der Waals surface area (Å²) in [4.78, 5) is 11.5. The maximum Gasteiger partial charge on any atom is 0.193 e. The molecular weight excluding hydrogens is 326 g/mol. The van der Waals surface area contributed by atoms with Crippen LogP contribution in [0.2, 0.25) is 0 Å². The maximum atomic E-state index is 4.92. The summed E-state index contributed by atoms with van der Waals surface area (Å²) >= 11 is 0. The average molecular weight is 358 g/mol. The van der Waals surface area contributed by atoms with E-state index in [1.54, 1.807) is 0 Å². The van der Waals surface area contributed by atoms with Crippen molar-refractivity contribution >= 4 is 5.96 Å². The lowest BCUT2D eigenvalue weighted by Crippen LogP contribution is -2.49. The average Bonchev–Trinajstić information content (AvgIpc) is 3.33. The van der Waals surface area contributed by atoms with Gasteiger partial charge in [-0.15, -0.1) is 0 Å². The number of aromatic nitrogens is 4. The van der Waals surface area contributed by atoms with Crippen LogP contribution in [-0.4, -0.2) is 56.4 Å². The highest BCUT2D eigenvalue weighted by molar-refractivity contribution is 5.80. The van der Waals surface area contributed by atoms with Crippen LogP contribution < -0.4 is 5.32 Å². The molecule has 7 heteroatoms. The molecule has 3 rings (SSSR count). The first-order valence-electron chi connectivity index (χ1n) is 9.65. The number of hydrogen-bond acceptors (Lipinski definition) is 3. The van der Waals surface area contributed by atoms with Crippen molar-refractivity contribution in [1.82, 2.24) is 29.5 Å². The molecule has 1 N–H and O–H groups in total. The second-order valence-corrected chi connectivity index (χ2v) is 7.32. The quantitative estimate of drug-likeness (QED) is 0.636. The number of guanidine groups is 1. The Morgan fingerprint density at radius 2 is 2.23 bits per heavy atom. The van der Waals surface area contributed by atoms with Gasteiger partial charge in [0, 0.05) is 57.5 Å². The molecule has 0 bridgehead atoms. The van der Waals surface area contributed by atoms with Gasteiger partial charge in [0.1, 0.15) is 0 Å². The molecule has 3 atom stereocenters. The number of nitrogens with zero attached hydrogens (tertiary/aromatic N) is 6. The zero-order valence-electron chi connectivity index (χ0n) is 16.1. The van der Waals surface area contributed by atoms with Gasteiger partial charge in [-0.25, -0.2) is 4.98 Å². The first-order chi connectivity index (χ1) is 12.7. The Hall–Kier alpha value is -2.31. The van der Waals surface area contributed by atoms with Gasteiger partial charge in [-0.1, -0.05) is 13.8 Å². The molecule has 0 aromatic carbocycles. The van der Waals surface area contributed by atoms with Crippen molar-refractivity contribution in [2.24, 2.45) is 16.8 Å². The Morgan fingerprint density at radius 3 is 2.92 bits per heavy atom. The molecule has 0 radical (unpaired) electrons. The first-order valence-corrected chi connectivity index (χ1v) is 9.65. The Morgan fingerprint density at radius 1 is 1.35 bits per heavy atom. The highest BCUT2D eigenvalue weighted by Gasteiger charge is 2.28. The van der Waals surface area contributed by atoms with Gasteiger partial charge in [0.25, 0.3) is 0 Å². The molecule has 1 aliphatic rings. The number of imidazole rings is 1. The molecule has 142 valence electrons. The highest BCUT2D eigenvalue weighted by atomic mass is 15.3. The van der Waals surface area contributed by atoms with Crippen molar-refractivity contribution in [2.75, 3.05) is 26.2 Å². The van der Waals surface area contributed by atoms with Crippen molar-refractivity contribution < 1.29 is 0 Å². The van der Waals surface area contributed by atoms with E-state index in [4.69, 9.17) is 4.99 Å². The summed E-state index contributed by atoms with van der Waals surface area (Å²) < 4.78 is 4.21. The lowest BCUT2D eigenvalue weighted by atomic mass is 9.93. The highest BCUT2D eigenvalue weighted by Crippen LogP contribution is 2.27. The van der Waals surface area contributed by atoms with E-state index in [1.807, 2.05) is 35.7 Å². The normalized spacial score (nSPS) is 22.4. The minimum atomic E-state index is 0.441. The minimum absolute atomic E-state index is 0.441. The number of hydrogen-bond donors (Lipinski definition) is 1. The fraction of sp³-hybridized carbons (Fsp3) is 0.632. The number of likely N-dealkylation sites (tertiary alicyclic amines) is 1. The summed E-state index contributed by atoms with van der Waals surface area (Å²) in [7, 11) is 0. The molecule has 0 aliphatic carbocycles. The molecule has 7 nitrogen and oxygen atoms in total. The summed E-state index contributed by atoms with van der Waals surface area (Å²) in [5.74, 6) is 2.11. The van der Waals surface area contributed by atoms with Crippen LogP contribution in [0.4, 0.5) is 0 Å². The molecule has 1 saturated heterocycles. The van der Waals surface area contributed by atoms with Gasteiger partial charge >= 0.3 is 0 Å². The third-order valence-electron chi connectivity index (χ3n) is 5.07. The fourth-order valence-electron chi connectivity index (χ4n) is 3.55. The van der Waals surface area contributed by atoms with Crippen LogP contribution in [0.1, 0.15) is 33.2 Å². The number of rotatable bonds is 6. The number of nitrogens with one attached hydrogen (secondary N) is 1. The lowest BCUT2D eigenvalue weighted by Gasteiger charge is -2.39. The Labute approximate surface area is 156 Å². The molecule has 0 amide bonds. The van der Waals surface area contributed by atoms with Gasteiger partial charge in [-0.05, 0) is 31.2 Å². The Kier molecular flexibility index (Phi) is 6.30. The minimum Gasteiger partial charge on any atom is -0.357 e. The van der Waals surface area contributed by atoms with Crippen molar-refractivity contribution in [1.29, 1.82) is 0 Å². The maximum absolute atomic E-state index is 4.92. The van der Waals surface area contributed by atoms with E-state index in [9.17, 15) is 0 Å². The third kappa shape index (κ3) is 4.65. The monoisotopic (exact) mass is 357 g/mol. The van der Waals surface area contributed by atoms with Crippen LogP contribution >= 0.6 is 0 Å². The molecule has 2 aromatic rings. The topological polar surface area (TPSA) is 63.3 Å². The Bertz CT molecular complexity index is 662. The van der Waals surface area contributed by atoms with Crippen molar-refractivity contribution in [3.05, 3.63) is 37.2 Å². The van der Waals surface area contributed by atoms with Crippen molar-refractivity contribution in [3.63, 3.8) is 0 Å². The van der Waals surface area contributed by atoms with Gasteiger partial charge in [0.2, 0.25) is 0 Å². The molecular formula is C19H31N7. The van der Waals surface area contributed by atoms with Crippen LogP contribution in [0.15, 0.2) is 42.2 Å². The largest absolute Gasteiger partial charge is 0.357 e. The van der Waals surface area contributed by atoms with Gasteiger partial charge in [-0.3, -0.25) is 9.67 Å². The number of piperidine rings is 1. The zero-order chi connectivity index (χ0) is 18.4. The van der Waals surface area contributed by atoms with E-state index in [-0.39, 0.29) is 0 Å². The van der Waals surface area contributed by atoms with E-state index in [1.165, 1.54) is 0 Å². The Balaban J connectivity index is 1.64. The molecule has 0 saturated carbocycles. The molecule has 3 unspecified atom stereocenters. The van der Waals surface area contributed by atoms with E-state index in [2.05, 4.69) is 51.8 Å². The van der Waals surface area contributed by atoms with Crippen LogP contribution in [0.3, 0.4) is 0 Å². The molecule has 2 aromatic heterocycles. The van der Waals surface area contributed by atoms with E-state index < -0.39 is 0 Å². The van der Waals surface area contributed by atoms with Gasteiger partial charge < -0.3 is 14.8 Å². The lowest BCUT2D eigenvalue weighted by molar-refractivity contribution is 0.188.